The molecule has 0 radical (unpaired) electrons. The van der Waals surface area contributed by atoms with Crippen molar-refractivity contribution >= 4 is 5.91 Å². The first kappa shape index (κ1) is 14.5. The summed E-state index contributed by atoms with van der Waals surface area (Å²) in [6.45, 7) is 5.71. The van der Waals surface area contributed by atoms with Crippen LogP contribution in [0, 0.1) is 5.92 Å². The van der Waals surface area contributed by atoms with E-state index in [0.717, 1.165) is 25.3 Å². The van der Waals surface area contributed by atoms with Crippen molar-refractivity contribution in [2.45, 2.75) is 64.8 Å². The van der Waals surface area contributed by atoms with Crippen molar-refractivity contribution in [1.82, 2.24) is 10.6 Å². The van der Waals surface area contributed by atoms with Crippen LogP contribution in [0.25, 0.3) is 0 Å². The molecule has 17 heavy (non-hydrogen) atoms. The van der Waals surface area contributed by atoms with E-state index in [1.807, 2.05) is 0 Å². The molecule has 1 aliphatic carbocycles. The zero-order valence-electron chi connectivity index (χ0n) is 11.4. The summed E-state index contributed by atoms with van der Waals surface area (Å²) < 4.78 is 0. The summed E-state index contributed by atoms with van der Waals surface area (Å²) in [5.74, 6) is 1.02. The molecule has 1 amide bonds. The molecule has 1 rings (SSSR count). The van der Waals surface area contributed by atoms with Gasteiger partial charge in [0.2, 0.25) is 5.91 Å². The minimum Gasteiger partial charge on any atom is -0.355 e. The zero-order chi connectivity index (χ0) is 12.5. The van der Waals surface area contributed by atoms with Crippen molar-refractivity contribution in [2.24, 2.45) is 5.92 Å². The highest BCUT2D eigenvalue weighted by atomic mass is 16.1. The SMILES string of the molecule is CCCCNC(=O)CNC1CCCC(CC)C1. The molecule has 3 nitrogen and oxygen atoms in total. The summed E-state index contributed by atoms with van der Waals surface area (Å²) in [6, 6.07) is 0.561. The Balaban J connectivity index is 2.10. The van der Waals surface area contributed by atoms with Crippen LogP contribution in [0.5, 0.6) is 0 Å². The molecule has 2 unspecified atom stereocenters. The van der Waals surface area contributed by atoms with E-state index in [9.17, 15) is 4.79 Å². The Morgan fingerprint density at radius 3 is 2.82 bits per heavy atom. The monoisotopic (exact) mass is 240 g/mol. The third-order valence-corrected chi connectivity index (χ3v) is 3.76. The molecule has 0 saturated heterocycles. The number of nitrogens with one attached hydrogen (secondary N) is 2. The van der Waals surface area contributed by atoms with Crippen LogP contribution in [-0.2, 0) is 4.79 Å². The van der Waals surface area contributed by atoms with Crippen LogP contribution in [0.3, 0.4) is 0 Å². The Hall–Kier alpha value is -0.570. The molecule has 0 aromatic rings. The fraction of sp³-hybridized carbons (Fsp3) is 0.929. The van der Waals surface area contributed by atoms with Gasteiger partial charge in [0.05, 0.1) is 6.54 Å². The highest BCUT2D eigenvalue weighted by Crippen LogP contribution is 2.26. The maximum absolute atomic E-state index is 11.5. The molecule has 0 heterocycles. The Labute approximate surface area is 106 Å². The molecule has 100 valence electrons. The van der Waals surface area contributed by atoms with Crippen molar-refractivity contribution in [2.75, 3.05) is 13.1 Å². The van der Waals surface area contributed by atoms with E-state index < -0.39 is 0 Å². The van der Waals surface area contributed by atoms with Gasteiger partial charge in [-0.25, -0.2) is 0 Å². The number of hydrogen-bond donors (Lipinski definition) is 2. The summed E-state index contributed by atoms with van der Waals surface area (Å²) in [6.07, 6.45) is 8.66. The summed E-state index contributed by atoms with van der Waals surface area (Å²) in [5, 5.41) is 6.35. The van der Waals surface area contributed by atoms with Gasteiger partial charge >= 0.3 is 0 Å². The topological polar surface area (TPSA) is 41.1 Å². The third-order valence-electron chi connectivity index (χ3n) is 3.76. The van der Waals surface area contributed by atoms with Gasteiger partial charge < -0.3 is 10.6 Å². The molecule has 1 fully saturated rings. The van der Waals surface area contributed by atoms with Crippen molar-refractivity contribution in [1.29, 1.82) is 0 Å². The molecule has 0 aliphatic heterocycles. The fourth-order valence-electron chi connectivity index (χ4n) is 2.55. The first-order chi connectivity index (χ1) is 8.26. The molecular weight excluding hydrogens is 212 g/mol. The van der Waals surface area contributed by atoms with Crippen molar-refractivity contribution in [3.05, 3.63) is 0 Å². The van der Waals surface area contributed by atoms with Gasteiger partial charge in [0.1, 0.15) is 0 Å². The lowest BCUT2D eigenvalue weighted by Crippen LogP contribution is -2.41. The van der Waals surface area contributed by atoms with Crippen LogP contribution in [0.1, 0.15) is 58.8 Å². The van der Waals surface area contributed by atoms with Crippen LogP contribution in [0.4, 0.5) is 0 Å². The van der Waals surface area contributed by atoms with E-state index in [2.05, 4.69) is 24.5 Å². The number of carbonyl (C=O) groups is 1. The smallest absolute Gasteiger partial charge is 0.233 e. The minimum atomic E-state index is 0.150. The van der Waals surface area contributed by atoms with Crippen LogP contribution >= 0.6 is 0 Å². The summed E-state index contributed by atoms with van der Waals surface area (Å²) in [5.41, 5.74) is 0. The van der Waals surface area contributed by atoms with E-state index in [4.69, 9.17) is 0 Å². The molecule has 0 bridgehead atoms. The van der Waals surface area contributed by atoms with Gasteiger partial charge in [-0.3, -0.25) is 4.79 Å². The minimum absolute atomic E-state index is 0.150. The molecule has 1 aliphatic rings. The molecule has 1 saturated carbocycles. The van der Waals surface area contributed by atoms with Gasteiger partial charge in [0.15, 0.2) is 0 Å². The lowest BCUT2D eigenvalue weighted by atomic mass is 9.84. The molecular formula is C14H28N2O. The number of amides is 1. The first-order valence-electron chi connectivity index (χ1n) is 7.26. The number of carbonyl (C=O) groups excluding carboxylic acids is 1. The van der Waals surface area contributed by atoms with Crippen LogP contribution < -0.4 is 10.6 Å². The first-order valence-corrected chi connectivity index (χ1v) is 7.26. The second kappa shape index (κ2) is 8.51. The van der Waals surface area contributed by atoms with Crippen molar-refractivity contribution in [3.8, 4) is 0 Å². The van der Waals surface area contributed by atoms with Gasteiger partial charge in [0, 0.05) is 12.6 Å². The van der Waals surface area contributed by atoms with E-state index in [1.54, 1.807) is 0 Å². The standard InChI is InChI=1S/C14H28N2O/c1-3-5-9-15-14(17)11-16-13-8-6-7-12(4-2)10-13/h12-13,16H,3-11H2,1-2H3,(H,15,17). The Bertz CT molecular complexity index is 218. The van der Waals surface area contributed by atoms with E-state index >= 15 is 0 Å². The van der Waals surface area contributed by atoms with Gasteiger partial charge in [-0.1, -0.05) is 39.5 Å². The molecule has 3 heteroatoms. The highest BCUT2D eigenvalue weighted by molar-refractivity contribution is 5.77. The predicted molar refractivity (Wildman–Crippen MR) is 72.0 cm³/mol. The number of rotatable bonds is 7. The Morgan fingerprint density at radius 2 is 2.12 bits per heavy atom. The largest absolute Gasteiger partial charge is 0.355 e. The summed E-state index contributed by atoms with van der Waals surface area (Å²) in [4.78, 5) is 11.5. The lowest BCUT2D eigenvalue weighted by molar-refractivity contribution is -0.120. The summed E-state index contributed by atoms with van der Waals surface area (Å²) >= 11 is 0. The predicted octanol–water partition coefficient (Wildman–Crippen LogP) is 2.46. The van der Waals surface area contributed by atoms with Gasteiger partial charge in [-0.2, -0.15) is 0 Å². The zero-order valence-corrected chi connectivity index (χ0v) is 11.4. The maximum atomic E-state index is 11.5. The fourth-order valence-corrected chi connectivity index (χ4v) is 2.55. The molecule has 0 aromatic carbocycles. The highest BCUT2D eigenvalue weighted by Gasteiger charge is 2.20. The second-order valence-electron chi connectivity index (χ2n) is 5.22. The lowest BCUT2D eigenvalue weighted by Gasteiger charge is -2.29. The normalized spacial score (nSPS) is 24.6. The van der Waals surface area contributed by atoms with Gasteiger partial charge in [-0.05, 0) is 25.2 Å². The molecule has 2 atom stereocenters. The molecule has 0 aromatic heterocycles. The van der Waals surface area contributed by atoms with Crippen molar-refractivity contribution in [3.63, 3.8) is 0 Å². The second-order valence-corrected chi connectivity index (χ2v) is 5.22. The molecule has 0 spiro atoms. The van der Waals surface area contributed by atoms with Crippen molar-refractivity contribution < 1.29 is 4.79 Å². The quantitative estimate of drug-likeness (QED) is 0.671. The summed E-state index contributed by atoms with van der Waals surface area (Å²) in [7, 11) is 0. The van der Waals surface area contributed by atoms with Crippen LogP contribution in [0.2, 0.25) is 0 Å². The third kappa shape index (κ3) is 6.06. The number of unbranched alkanes of at least 4 members (excludes halogenated alkanes) is 1. The van der Waals surface area contributed by atoms with E-state index in [1.165, 1.54) is 32.1 Å². The Morgan fingerprint density at radius 1 is 1.29 bits per heavy atom. The van der Waals surface area contributed by atoms with E-state index in [-0.39, 0.29) is 5.91 Å². The maximum Gasteiger partial charge on any atom is 0.233 e. The van der Waals surface area contributed by atoms with E-state index in [0.29, 0.717) is 12.6 Å². The Kier molecular flexibility index (Phi) is 7.25. The number of hydrogen-bond acceptors (Lipinski definition) is 2. The van der Waals surface area contributed by atoms with Crippen LogP contribution in [-0.4, -0.2) is 25.0 Å². The van der Waals surface area contributed by atoms with Crippen LogP contribution in [0.15, 0.2) is 0 Å². The van der Waals surface area contributed by atoms with Gasteiger partial charge in [-0.15, -0.1) is 0 Å². The average Bonchev–Trinajstić information content (AvgIpc) is 2.37. The molecule has 2 N–H and O–H groups in total. The van der Waals surface area contributed by atoms with Gasteiger partial charge in [0.25, 0.3) is 0 Å². The average molecular weight is 240 g/mol.